The molecular formula is C27H14Cl6O. The third kappa shape index (κ3) is 4.75. The number of ketones is 1. The largest absolute Gasteiger partial charge is 0.289 e. The molecule has 0 N–H and O–H groups in total. The van der Waals surface area contributed by atoms with Crippen LogP contribution in [0.2, 0.25) is 25.1 Å². The summed E-state index contributed by atoms with van der Waals surface area (Å²) >= 11 is 38.9. The third-order valence-electron chi connectivity index (χ3n) is 5.19. The van der Waals surface area contributed by atoms with E-state index in [9.17, 15) is 4.79 Å². The number of halogens is 6. The summed E-state index contributed by atoms with van der Waals surface area (Å²) in [5.41, 5.74) is 3.12. The highest BCUT2D eigenvalue weighted by Gasteiger charge is 2.26. The van der Waals surface area contributed by atoms with Crippen molar-refractivity contribution in [3.63, 3.8) is 0 Å². The first-order valence-electron chi connectivity index (χ1n) is 9.99. The van der Waals surface area contributed by atoms with Gasteiger partial charge in [-0.25, -0.2) is 0 Å². The van der Waals surface area contributed by atoms with Crippen molar-refractivity contribution in [1.29, 1.82) is 0 Å². The van der Waals surface area contributed by atoms with E-state index in [0.29, 0.717) is 22.3 Å². The maximum Gasteiger partial charge on any atom is 0.193 e. The third-order valence-corrected chi connectivity index (χ3v) is 7.84. The summed E-state index contributed by atoms with van der Waals surface area (Å²) in [4.78, 5) is 13.5. The molecule has 0 heterocycles. The van der Waals surface area contributed by atoms with Crippen molar-refractivity contribution >= 4 is 86.0 Å². The number of hydrogen-bond acceptors (Lipinski definition) is 1. The lowest BCUT2D eigenvalue weighted by Crippen LogP contribution is -2.06. The first kappa shape index (κ1) is 25.1. The molecule has 4 aromatic rings. The fourth-order valence-corrected chi connectivity index (χ4v) is 5.40. The Labute approximate surface area is 227 Å². The molecule has 4 rings (SSSR count). The Morgan fingerprint density at radius 1 is 0.500 bits per heavy atom. The summed E-state index contributed by atoms with van der Waals surface area (Å²) in [6.45, 7) is 0. The van der Waals surface area contributed by atoms with Crippen molar-refractivity contribution in [2.24, 2.45) is 0 Å². The van der Waals surface area contributed by atoms with Crippen molar-refractivity contribution < 1.29 is 4.79 Å². The van der Waals surface area contributed by atoms with Crippen LogP contribution in [0.25, 0.3) is 10.6 Å². The predicted molar refractivity (Wildman–Crippen MR) is 146 cm³/mol. The Hall–Kier alpha value is -1.97. The molecule has 0 unspecified atom stereocenters. The molecule has 7 heteroatoms. The fourth-order valence-electron chi connectivity index (χ4n) is 3.57. The fraction of sp³-hybridized carbons (Fsp3) is 0. The van der Waals surface area contributed by atoms with Gasteiger partial charge in [0.05, 0.1) is 30.1 Å². The van der Waals surface area contributed by atoms with Gasteiger partial charge in [0, 0.05) is 22.3 Å². The Balaban J connectivity index is 2.06. The molecule has 34 heavy (non-hydrogen) atoms. The van der Waals surface area contributed by atoms with E-state index in [-0.39, 0.29) is 41.5 Å². The van der Waals surface area contributed by atoms with Crippen LogP contribution < -0.4 is 0 Å². The van der Waals surface area contributed by atoms with Gasteiger partial charge in [-0.05, 0) is 11.1 Å². The minimum Gasteiger partial charge on any atom is -0.289 e. The lowest BCUT2D eigenvalue weighted by molar-refractivity contribution is 0.103. The van der Waals surface area contributed by atoms with Gasteiger partial charge in [0.2, 0.25) is 0 Å². The second-order valence-corrected chi connectivity index (χ2v) is 9.51. The topological polar surface area (TPSA) is 17.1 Å². The maximum atomic E-state index is 13.5. The van der Waals surface area contributed by atoms with Gasteiger partial charge in [0.15, 0.2) is 5.78 Å². The quantitative estimate of drug-likeness (QED) is 0.102. The van der Waals surface area contributed by atoms with Gasteiger partial charge >= 0.3 is 0 Å². The highest BCUT2D eigenvalue weighted by atomic mass is 35.5. The van der Waals surface area contributed by atoms with Gasteiger partial charge in [0.1, 0.15) is 0 Å². The van der Waals surface area contributed by atoms with E-state index >= 15 is 0 Å². The Kier molecular flexibility index (Phi) is 7.94. The summed E-state index contributed by atoms with van der Waals surface area (Å²) in [5.74, 6) is -0.154. The van der Waals surface area contributed by atoms with Gasteiger partial charge in [-0.3, -0.25) is 4.79 Å². The zero-order valence-electron chi connectivity index (χ0n) is 17.3. The molecule has 1 nitrogen and oxygen atoms in total. The van der Waals surface area contributed by atoms with Crippen molar-refractivity contribution in [3.05, 3.63) is 138 Å². The molecule has 0 spiro atoms. The zero-order chi connectivity index (χ0) is 24.4. The number of hydrogen-bond donors (Lipinski definition) is 0. The summed E-state index contributed by atoms with van der Waals surface area (Å²) in [7, 11) is 0. The highest BCUT2D eigenvalue weighted by Crippen LogP contribution is 2.49. The van der Waals surface area contributed by atoms with E-state index < -0.39 is 0 Å². The van der Waals surface area contributed by atoms with E-state index in [2.05, 4.69) is 0 Å². The zero-order valence-corrected chi connectivity index (χ0v) is 21.8. The summed E-state index contributed by atoms with van der Waals surface area (Å²) in [5, 5.41) is 0.402. The Morgan fingerprint density at radius 3 is 1.44 bits per heavy atom. The second kappa shape index (κ2) is 10.7. The number of carbonyl (C=O) groups is 1. The van der Waals surface area contributed by atoms with Crippen LogP contribution in [0.3, 0.4) is 0 Å². The highest BCUT2D eigenvalue weighted by molar-refractivity contribution is 6.61. The molecule has 0 aromatic heterocycles. The van der Waals surface area contributed by atoms with Crippen LogP contribution in [0.4, 0.5) is 0 Å². The van der Waals surface area contributed by atoms with Crippen LogP contribution in [-0.4, -0.2) is 5.78 Å². The van der Waals surface area contributed by atoms with Crippen molar-refractivity contribution in [3.8, 4) is 0 Å². The maximum absolute atomic E-state index is 13.5. The molecule has 0 fully saturated rings. The van der Waals surface area contributed by atoms with Crippen molar-refractivity contribution in [1.82, 2.24) is 0 Å². The molecule has 4 aromatic carbocycles. The summed E-state index contributed by atoms with van der Waals surface area (Å²) in [6.07, 6.45) is 0. The van der Waals surface area contributed by atoms with E-state index in [1.165, 1.54) is 0 Å². The predicted octanol–water partition coefficient (Wildman–Crippen LogP) is 10.3. The van der Waals surface area contributed by atoms with Crippen LogP contribution >= 0.6 is 69.6 Å². The van der Waals surface area contributed by atoms with Crippen LogP contribution in [0.1, 0.15) is 32.6 Å². The lowest BCUT2D eigenvalue weighted by Gasteiger charge is -2.18. The van der Waals surface area contributed by atoms with Gasteiger partial charge < -0.3 is 0 Å². The van der Waals surface area contributed by atoms with Gasteiger partial charge in [0.25, 0.3) is 0 Å². The van der Waals surface area contributed by atoms with Gasteiger partial charge in [-0.1, -0.05) is 155 Å². The molecule has 0 atom stereocenters. The molecule has 0 saturated heterocycles. The van der Waals surface area contributed by atoms with E-state index in [1.54, 1.807) is 24.3 Å². The van der Waals surface area contributed by atoms with E-state index in [4.69, 9.17) is 69.6 Å². The Bertz CT molecular complexity index is 1380. The first-order chi connectivity index (χ1) is 16.3. The smallest absolute Gasteiger partial charge is 0.193 e. The lowest BCUT2D eigenvalue weighted by atomic mass is 9.89. The van der Waals surface area contributed by atoms with Crippen LogP contribution in [0, 0.1) is 0 Å². The monoisotopic (exact) mass is 564 g/mol. The Morgan fingerprint density at radius 2 is 0.912 bits per heavy atom. The number of rotatable bonds is 5. The molecule has 0 radical (unpaired) electrons. The standard InChI is InChI=1S/C27H14Cl6O/c28-21(20-22(29)24(31)26(33)25(32)23(20)30)19(15-9-3-1-4-10-15)17-13-7-8-14-18(17)27(34)16-11-5-2-6-12-16/h1-14H/b21-19-. The van der Waals surface area contributed by atoms with Crippen molar-refractivity contribution in [2.75, 3.05) is 0 Å². The SMILES string of the molecule is O=C(c1ccccc1)c1ccccc1/C(=C(\Cl)c1c(Cl)c(Cl)c(Cl)c(Cl)c1Cl)c1ccccc1. The number of carbonyl (C=O) groups excluding carboxylic acids is 1. The molecule has 170 valence electrons. The molecule has 0 bridgehead atoms. The molecule has 0 saturated carbocycles. The first-order valence-corrected chi connectivity index (χ1v) is 12.3. The van der Waals surface area contributed by atoms with Gasteiger partial charge in [-0.2, -0.15) is 0 Å². The van der Waals surface area contributed by atoms with Gasteiger partial charge in [-0.15, -0.1) is 0 Å². The molecule has 0 amide bonds. The molecule has 0 aliphatic heterocycles. The van der Waals surface area contributed by atoms with Crippen LogP contribution in [-0.2, 0) is 0 Å². The normalized spacial score (nSPS) is 11.8. The van der Waals surface area contributed by atoms with E-state index in [1.807, 2.05) is 60.7 Å². The number of benzene rings is 4. The minimum atomic E-state index is -0.154. The van der Waals surface area contributed by atoms with Crippen LogP contribution in [0.5, 0.6) is 0 Å². The average Bonchev–Trinajstić information content (AvgIpc) is 2.87. The van der Waals surface area contributed by atoms with Crippen LogP contribution in [0.15, 0.2) is 84.9 Å². The van der Waals surface area contributed by atoms with E-state index in [0.717, 1.165) is 5.56 Å². The average molecular weight is 567 g/mol. The second-order valence-electron chi connectivity index (χ2n) is 7.24. The molecule has 0 aliphatic carbocycles. The molecule has 0 aliphatic rings. The van der Waals surface area contributed by atoms with Crippen molar-refractivity contribution in [2.45, 2.75) is 0 Å². The summed E-state index contributed by atoms with van der Waals surface area (Å²) < 4.78 is 0. The molecular weight excluding hydrogens is 553 g/mol. The minimum absolute atomic E-state index is 0.0342. The summed E-state index contributed by atoms with van der Waals surface area (Å²) in [6, 6.07) is 25.6.